The Balaban J connectivity index is 1.85. The number of methoxy groups -OCH3 is 1. The van der Waals surface area contributed by atoms with Gasteiger partial charge < -0.3 is 14.5 Å². The van der Waals surface area contributed by atoms with Crippen molar-refractivity contribution in [2.75, 3.05) is 19.1 Å². The van der Waals surface area contributed by atoms with Crippen LogP contribution in [0.25, 0.3) is 11.0 Å². The third-order valence-electron chi connectivity index (χ3n) is 4.15. The molecule has 2 N–H and O–H groups in total. The second-order valence-electron chi connectivity index (χ2n) is 6.15. The van der Waals surface area contributed by atoms with Crippen LogP contribution in [0.2, 0.25) is 0 Å². The summed E-state index contributed by atoms with van der Waals surface area (Å²) in [6, 6.07) is 13.5. The highest BCUT2D eigenvalue weighted by atomic mass is 16.5. The van der Waals surface area contributed by atoms with Crippen LogP contribution in [-0.4, -0.2) is 41.1 Å². The van der Waals surface area contributed by atoms with Gasteiger partial charge in [0, 0.05) is 5.56 Å². The summed E-state index contributed by atoms with van der Waals surface area (Å²) in [7, 11) is 1.52. The Morgan fingerprint density at radius 1 is 1.13 bits per heavy atom. The number of hydrogen-bond donors (Lipinski definition) is 2. The topological polar surface area (TPSA) is 123 Å². The van der Waals surface area contributed by atoms with E-state index < -0.39 is 11.5 Å². The van der Waals surface area contributed by atoms with Gasteiger partial charge in [0.05, 0.1) is 31.2 Å². The summed E-state index contributed by atoms with van der Waals surface area (Å²) in [4.78, 5) is 43.9. The second-order valence-corrected chi connectivity index (χ2v) is 6.15. The van der Waals surface area contributed by atoms with E-state index in [1.54, 1.807) is 55.5 Å². The quantitative estimate of drug-likeness (QED) is 0.254. The minimum Gasteiger partial charge on any atom is -0.497 e. The summed E-state index contributed by atoms with van der Waals surface area (Å²) in [5.41, 5.74) is 3.29. The maximum atomic E-state index is 12.6. The molecule has 0 spiro atoms. The van der Waals surface area contributed by atoms with Crippen molar-refractivity contribution in [3.8, 4) is 5.75 Å². The van der Waals surface area contributed by atoms with Gasteiger partial charge in [-0.1, -0.05) is 12.1 Å². The fourth-order valence-corrected chi connectivity index (χ4v) is 2.63. The zero-order valence-electron chi connectivity index (χ0n) is 16.5. The number of aromatic nitrogens is 2. The van der Waals surface area contributed by atoms with Crippen LogP contribution in [0.5, 0.6) is 5.75 Å². The Labute approximate surface area is 171 Å². The van der Waals surface area contributed by atoms with Crippen molar-refractivity contribution in [1.82, 2.24) is 9.97 Å². The normalized spacial score (nSPS) is 11.2. The number of H-pyrrole nitrogens is 1. The Morgan fingerprint density at radius 2 is 1.87 bits per heavy atom. The lowest BCUT2D eigenvalue weighted by Crippen LogP contribution is -2.23. The monoisotopic (exact) mass is 408 g/mol. The molecule has 3 rings (SSSR count). The molecule has 0 unspecified atom stereocenters. The van der Waals surface area contributed by atoms with Gasteiger partial charge in [0.15, 0.2) is 11.5 Å². The molecule has 0 bridgehead atoms. The number of benzene rings is 2. The van der Waals surface area contributed by atoms with E-state index >= 15 is 0 Å². The third kappa shape index (κ3) is 4.88. The Bertz CT molecular complexity index is 1150. The number of hydrogen-bond acceptors (Lipinski definition) is 8. The number of esters is 1. The van der Waals surface area contributed by atoms with Gasteiger partial charge in [0.1, 0.15) is 5.75 Å². The third-order valence-corrected chi connectivity index (χ3v) is 4.15. The smallest absolute Gasteiger partial charge is 0.354 e. The molecule has 154 valence electrons. The molecule has 0 saturated carbocycles. The molecule has 1 heterocycles. The molecule has 0 aliphatic heterocycles. The summed E-state index contributed by atoms with van der Waals surface area (Å²) < 4.78 is 10.0. The summed E-state index contributed by atoms with van der Waals surface area (Å²) in [6.45, 7) is 1.76. The standard InChI is InChI=1S/C21H20N4O5/c1-3-30-21(28)17(12-18(26)13-8-10-14(29-2)11-9-13)24-25-19-20(27)23-16-7-5-4-6-15(16)22-19/h4-11H,3,12H2,1-2H3,(H,22,25)(H,23,27)/b24-17+. The fraction of sp³-hybridized carbons (Fsp3) is 0.190. The molecular formula is C21H20N4O5. The van der Waals surface area contributed by atoms with E-state index in [4.69, 9.17) is 9.47 Å². The van der Waals surface area contributed by atoms with Gasteiger partial charge in [-0.3, -0.25) is 15.0 Å². The molecule has 0 amide bonds. The molecule has 0 aliphatic rings. The lowest BCUT2D eigenvalue weighted by molar-refractivity contribution is -0.135. The van der Waals surface area contributed by atoms with Crippen LogP contribution in [0.3, 0.4) is 0 Å². The van der Waals surface area contributed by atoms with Gasteiger partial charge in [0.25, 0.3) is 5.56 Å². The number of rotatable bonds is 8. The first kappa shape index (κ1) is 20.7. The second kappa shape index (κ2) is 9.46. The number of anilines is 1. The molecule has 9 nitrogen and oxygen atoms in total. The summed E-state index contributed by atoms with van der Waals surface area (Å²) >= 11 is 0. The first-order valence-electron chi connectivity index (χ1n) is 9.17. The number of Topliss-reactive ketones (excluding diaryl/α,β-unsaturated/α-hetero) is 1. The Kier molecular flexibility index (Phi) is 6.53. The minimum atomic E-state index is -0.760. The molecule has 2 aromatic carbocycles. The summed E-state index contributed by atoms with van der Waals surface area (Å²) in [5, 5.41) is 3.94. The lowest BCUT2D eigenvalue weighted by Gasteiger charge is -2.07. The van der Waals surface area contributed by atoms with Gasteiger partial charge in [-0.15, -0.1) is 0 Å². The molecule has 3 aromatic rings. The minimum absolute atomic E-state index is 0.104. The average molecular weight is 408 g/mol. The molecule has 0 radical (unpaired) electrons. The van der Waals surface area contributed by atoms with E-state index in [0.717, 1.165) is 0 Å². The van der Waals surface area contributed by atoms with Crippen LogP contribution in [0.4, 0.5) is 5.82 Å². The molecule has 0 aliphatic carbocycles. The number of carbonyl (C=O) groups is 2. The molecular weight excluding hydrogens is 388 g/mol. The molecule has 30 heavy (non-hydrogen) atoms. The number of fused-ring (bicyclic) bond motifs is 1. The van der Waals surface area contributed by atoms with Crippen molar-refractivity contribution in [3.05, 3.63) is 64.4 Å². The Hall–Kier alpha value is -4.01. The number of para-hydroxylation sites is 2. The van der Waals surface area contributed by atoms with Crippen molar-refractivity contribution in [3.63, 3.8) is 0 Å². The van der Waals surface area contributed by atoms with Gasteiger partial charge in [-0.05, 0) is 43.3 Å². The molecule has 9 heteroatoms. The van der Waals surface area contributed by atoms with E-state index in [9.17, 15) is 14.4 Å². The fourth-order valence-electron chi connectivity index (χ4n) is 2.63. The van der Waals surface area contributed by atoms with Crippen LogP contribution in [0, 0.1) is 0 Å². The number of aromatic amines is 1. The predicted octanol–water partition coefficient (Wildman–Crippen LogP) is 2.54. The number of nitrogens with one attached hydrogen (secondary N) is 2. The van der Waals surface area contributed by atoms with E-state index in [1.807, 2.05) is 0 Å². The molecule has 1 aromatic heterocycles. The number of ether oxygens (including phenoxy) is 2. The maximum Gasteiger partial charge on any atom is 0.354 e. The number of hydrazone groups is 1. The highest BCUT2D eigenvalue weighted by Gasteiger charge is 2.19. The molecule has 0 saturated heterocycles. The van der Waals surface area contributed by atoms with Gasteiger partial charge in [-0.25, -0.2) is 9.78 Å². The zero-order valence-corrected chi connectivity index (χ0v) is 16.5. The van der Waals surface area contributed by atoms with Crippen LogP contribution in [-0.2, 0) is 9.53 Å². The largest absolute Gasteiger partial charge is 0.497 e. The van der Waals surface area contributed by atoms with E-state index in [1.165, 1.54) is 7.11 Å². The number of ketones is 1. The van der Waals surface area contributed by atoms with Crippen LogP contribution >= 0.6 is 0 Å². The van der Waals surface area contributed by atoms with Crippen molar-refractivity contribution in [1.29, 1.82) is 0 Å². The lowest BCUT2D eigenvalue weighted by atomic mass is 10.1. The van der Waals surface area contributed by atoms with E-state index in [-0.39, 0.29) is 30.3 Å². The van der Waals surface area contributed by atoms with Gasteiger partial charge >= 0.3 is 5.97 Å². The van der Waals surface area contributed by atoms with Gasteiger partial charge in [-0.2, -0.15) is 5.10 Å². The number of nitrogens with zero attached hydrogens (tertiary/aromatic N) is 2. The van der Waals surface area contributed by atoms with E-state index in [2.05, 4.69) is 20.5 Å². The van der Waals surface area contributed by atoms with Crippen LogP contribution in [0.1, 0.15) is 23.7 Å². The van der Waals surface area contributed by atoms with Gasteiger partial charge in [0.2, 0.25) is 5.82 Å². The van der Waals surface area contributed by atoms with Crippen molar-refractivity contribution >= 4 is 34.3 Å². The zero-order chi connectivity index (χ0) is 21.5. The highest BCUT2D eigenvalue weighted by Crippen LogP contribution is 2.14. The average Bonchev–Trinajstić information content (AvgIpc) is 2.76. The van der Waals surface area contributed by atoms with E-state index in [0.29, 0.717) is 22.3 Å². The summed E-state index contributed by atoms with van der Waals surface area (Å²) in [6.07, 6.45) is -0.316. The Morgan fingerprint density at radius 3 is 2.57 bits per heavy atom. The first-order chi connectivity index (χ1) is 14.5. The molecule has 0 fully saturated rings. The first-order valence-corrected chi connectivity index (χ1v) is 9.17. The predicted molar refractivity (Wildman–Crippen MR) is 112 cm³/mol. The highest BCUT2D eigenvalue weighted by molar-refractivity contribution is 6.40. The maximum absolute atomic E-state index is 12.6. The molecule has 0 atom stereocenters. The summed E-state index contributed by atoms with van der Waals surface area (Å²) in [5.74, 6) is -0.600. The number of carbonyl (C=O) groups excluding carboxylic acids is 2. The van der Waals surface area contributed by atoms with Crippen molar-refractivity contribution in [2.24, 2.45) is 5.10 Å². The SMILES string of the molecule is CCOC(=O)/C(CC(=O)c1ccc(OC)cc1)=N/Nc1nc2ccccc2[nH]c1=O. The van der Waals surface area contributed by atoms with Crippen LogP contribution in [0.15, 0.2) is 58.4 Å². The van der Waals surface area contributed by atoms with Crippen LogP contribution < -0.4 is 15.7 Å². The van der Waals surface area contributed by atoms with Crippen molar-refractivity contribution in [2.45, 2.75) is 13.3 Å². The van der Waals surface area contributed by atoms with Crippen molar-refractivity contribution < 1.29 is 19.1 Å².